The highest BCUT2D eigenvalue weighted by atomic mass is 32.1. The third kappa shape index (κ3) is 2.02. The highest BCUT2D eigenvalue weighted by Crippen LogP contribution is 2.39. The van der Waals surface area contributed by atoms with Crippen molar-refractivity contribution < 1.29 is 4.42 Å². The van der Waals surface area contributed by atoms with Crippen molar-refractivity contribution in [3.8, 4) is 0 Å². The van der Waals surface area contributed by atoms with Gasteiger partial charge in [0.15, 0.2) is 0 Å². The maximum Gasteiger partial charge on any atom is 0.315 e. The summed E-state index contributed by atoms with van der Waals surface area (Å²) in [6, 6.07) is 2.61. The molecule has 4 nitrogen and oxygen atoms in total. The molecule has 1 aliphatic carbocycles. The molecule has 15 heavy (non-hydrogen) atoms. The van der Waals surface area contributed by atoms with Crippen LogP contribution in [0.15, 0.2) is 21.2 Å². The van der Waals surface area contributed by atoms with Crippen LogP contribution in [0.25, 0.3) is 0 Å². The van der Waals surface area contributed by atoms with Crippen LogP contribution in [0.5, 0.6) is 0 Å². The Morgan fingerprint density at radius 1 is 1.47 bits per heavy atom. The molecule has 2 aromatic heterocycles. The predicted molar refractivity (Wildman–Crippen MR) is 57.9 cm³/mol. The van der Waals surface area contributed by atoms with Crippen LogP contribution in [0, 0.1) is 0 Å². The molecule has 3 rings (SSSR count). The van der Waals surface area contributed by atoms with Crippen LogP contribution in [-0.4, -0.2) is 10.2 Å². The molecule has 1 fully saturated rings. The first-order valence-corrected chi connectivity index (χ1v) is 5.94. The zero-order valence-corrected chi connectivity index (χ0v) is 8.96. The van der Waals surface area contributed by atoms with Crippen molar-refractivity contribution in [2.24, 2.45) is 0 Å². The van der Waals surface area contributed by atoms with E-state index < -0.39 is 0 Å². The standard InChI is InChI=1S/C10H11N3OS/c1-2-8(1)9-12-13-10(14-9)11-5-7-3-4-15-6-7/h3-4,6,8H,1-2,5H2,(H,11,13). The van der Waals surface area contributed by atoms with Gasteiger partial charge in [0.25, 0.3) is 0 Å². The van der Waals surface area contributed by atoms with Gasteiger partial charge in [-0.1, -0.05) is 5.10 Å². The summed E-state index contributed by atoms with van der Waals surface area (Å²) in [5, 5.41) is 15.2. The average Bonchev–Trinajstić information content (AvgIpc) is 2.82. The number of hydrogen-bond acceptors (Lipinski definition) is 5. The Kier molecular flexibility index (Phi) is 2.17. The zero-order chi connectivity index (χ0) is 10.1. The Bertz CT molecular complexity index is 433. The van der Waals surface area contributed by atoms with Gasteiger partial charge in [-0.2, -0.15) is 11.3 Å². The fraction of sp³-hybridized carbons (Fsp3) is 0.400. The summed E-state index contributed by atoms with van der Waals surface area (Å²) in [4.78, 5) is 0. The molecule has 78 valence electrons. The highest BCUT2D eigenvalue weighted by Gasteiger charge is 2.29. The minimum Gasteiger partial charge on any atom is -0.408 e. The molecule has 1 aliphatic rings. The van der Waals surface area contributed by atoms with Gasteiger partial charge < -0.3 is 9.73 Å². The topological polar surface area (TPSA) is 51.0 Å². The van der Waals surface area contributed by atoms with E-state index >= 15 is 0 Å². The number of thiophene rings is 1. The van der Waals surface area contributed by atoms with Crippen LogP contribution >= 0.6 is 11.3 Å². The quantitative estimate of drug-likeness (QED) is 0.862. The van der Waals surface area contributed by atoms with Gasteiger partial charge in [-0.25, -0.2) is 0 Å². The summed E-state index contributed by atoms with van der Waals surface area (Å²) in [7, 11) is 0. The van der Waals surface area contributed by atoms with E-state index in [0.717, 1.165) is 12.4 Å². The van der Waals surface area contributed by atoms with Gasteiger partial charge in [-0.15, -0.1) is 5.10 Å². The first-order chi connectivity index (χ1) is 7.42. The zero-order valence-electron chi connectivity index (χ0n) is 8.14. The second kappa shape index (κ2) is 3.66. The van der Waals surface area contributed by atoms with Crippen LogP contribution in [0.2, 0.25) is 0 Å². The van der Waals surface area contributed by atoms with Gasteiger partial charge in [0.1, 0.15) is 0 Å². The van der Waals surface area contributed by atoms with Crippen molar-refractivity contribution in [1.29, 1.82) is 0 Å². The van der Waals surface area contributed by atoms with E-state index in [0.29, 0.717) is 11.9 Å². The van der Waals surface area contributed by atoms with E-state index in [4.69, 9.17) is 4.42 Å². The van der Waals surface area contributed by atoms with Crippen LogP contribution in [0.4, 0.5) is 6.01 Å². The maximum atomic E-state index is 5.48. The Labute approximate surface area is 91.3 Å². The summed E-state index contributed by atoms with van der Waals surface area (Å²) >= 11 is 1.69. The molecule has 2 aromatic rings. The van der Waals surface area contributed by atoms with E-state index in [1.807, 2.05) is 0 Å². The molecule has 0 spiro atoms. The van der Waals surface area contributed by atoms with E-state index in [2.05, 4.69) is 32.3 Å². The van der Waals surface area contributed by atoms with Gasteiger partial charge >= 0.3 is 6.01 Å². The number of aromatic nitrogens is 2. The molecule has 0 amide bonds. The summed E-state index contributed by atoms with van der Waals surface area (Å²) in [6.45, 7) is 0.746. The molecule has 2 heterocycles. The van der Waals surface area contributed by atoms with Gasteiger partial charge in [-0.3, -0.25) is 0 Å². The van der Waals surface area contributed by atoms with E-state index in [1.165, 1.54) is 18.4 Å². The van der Waals surface area contributed by atoms with E-state index in [9.17, 15) is 0 Å². The molecular weight excluding hydrogens is 210 g/mol. The third-order valence-corrected chi connectivity index (χ3v) is 3.12. The number of hydrogen-bond donors (Lipinski definition) is 1. The van der Waals surface area contributed by atoms with Crippen LogP contribution < -0.4 is 5.32 Å². The van der Waals surface area contributed by atoms with Crippen molar-refractivity contribution in [2.75, 3.05) is 5.32 Å². The second-order valence-corrected chi connectivity index (χ2v) is 4.48. The molecule has 0 saturated heterocycles. The summed E-state index contributed by atoms with van der Waals surface area (Å²) in [6.07, 6.45) is 2.37. The summed E-state index contributed by atoms with van der Waals surface area (Å²) in [5.41, 5.74) is 1.24. The molecule has 0 aliphatic heterocycles. The number of rotatable bonds is 4. The Hall–Kier alpha value is -1.36. The van der Waals surface area contributed by atoms with Crippen LogP contribution in [0.1, 0.15) is 30.2 Å². The van der Waals surface area contributed by atoms with Crippen molar-refractivity contribution in [1.82, 2.24) is 10.2 Å². The number of anilines is 1. The largest absolute Gasteiger partial charge is 0.408 e. The van der Waals surface area contributed by atoms with Gasteiger partial charge in [0.05, 0.1) is 0 Å². The van der Waals surface area contributed by atoms with Gasteiger partial charge in [0, 0.05) is 12.5 Å². The number of nitrogens with one attached hydrogen (secondary N) is 1. The van der Waals surface area contributed by atoms with Gasteiger partial charge in [0.2, 0.25) is 5.89 Å². The lowest BCUT2D eigenvalue weighted by Crippen LogP contribution is -1.97. The average molecular weight is 221 g/mol. The SMILES string of the molecule is c1cc(CNc2nnc(C3CC3)o2)cs1. The molecule has 0 bridgehead atoms. The molecule has 0 aromatic carbocycles. The molecule has 5 heteroatoms. The lowest BCUT2D eigenvalue weighted by atomic mass is 10.3. The molecule has 0 atom stereocenters. The van der Waals surface area contributed by atoms with Crippen molar-refractivity contribution in [3.63, 3.8) is 0 Å². The second-order valence-electron chi connectivity index (χ2n) is 3.70. The smallest absolute Gasteiger partial charge is 0.315 e. The maximum absolute atomic E-state index is 5.48. The van der Waals surface area contributed by atoms with E-state index in [-0.39, 0.29) is 0 Å². The van der Waals surface area contributed by atoms with Crippen LogP contribution in [0.3, 0.4) is 0 Å². The monoisotopic (exact) mass is 221 g/mol. The Morgan fingerprint density at radius 3 is 3.13 bits per heavy atom. The fourth-order valence-corrected chi connectivity index (χ4v) is 2.04. The van der Waals surface area contributed by atoms with E-state index in [1.54, 1.807) is 11.3 Å². The molecule has 1 saturated carbocycles. The van der Waals surface area contributed by atoms with Crippen molar-refractivity contribution >= 4 is 17.4 Å². The highest BCUT2D eigenvalue weighted by molar-refractivity contribution is 7.07. The summed E-state index contributed by atoms with van der Waals surface area (Å²) < 4.78 is 5.48. The predicted octanol–water partition coefficient (Wildman–Crippen LogP) is 2.62. The molecule has 1 N–H and O–H groups in total. The first kappa shape index (κ1) is 8.91. The molecular formula is C10H11N3OS. The van der Waals surface area contributed by atoms with Crippen molar-refractivity contribution in [3.05, 3.63) is 28.3 Å². The van der Waals surface area contributed by atoms with Crippen LogP contribution in [-0.2, 0) is 6.54 Å². The third-order valence-electron chi connectivity index (χ3n) is 2.39. The van der Waals surface area contributed by atoms with Gasteiger partial charge in [-0.05, 0) is 35.2 Å². The minimum absolute atomic E-state index is 0.522. The lowest BCUT2D eigenvalue weighted by Gasteiger charge is -1.96. The normalized spacial score (nSPS) is 15.5. The fourth-order valence-electron chi connectivity index (χ4n) is 1.37. The Morgan fingerprint density at radius 2 is 2.40 bits per heavy atom. The lowest BCUT2D eigenvalue weighted by molar-refractivity contribution is 0.507. The first-order valence-electron chi connectivity index (χ1n) is 5.00. The van der Waals surface area contributed by atoms with Crippen molar-refractivity contribution in [2.45, 2.75) is 25.3 Å². The summed E-state index contributed by atoms with van der Waals surface area (Å²) in [5.74, 6) is 1.30. The number of nitrogens with zero attached hydrogens (tertiary/aromatic N) is 2. The molecule has 0 unspecified atom stereocenters. The molecule has 0 radical (unpaired) electrons. The Balaban J connectivity index is 1.61. The minimum atomic E-state index is 0.522.